The Morgan fingerprint density at radius 2 is 1.94 bits per heavy atom. The Hall–Kier alpha value is -2.19. The maximum absolute atomic E-state index is 12.7. The van der Waals surface area contributed by atoms with Crippen molar-refractivity contribution in [2.75, 3.05) is 25.0 Å². The van der Waals surface area contributed by atoms with E-state index in [4.69, 9.17) is 0 Å². The molecule has 0 spiro atoms. The highest BCUT2D eigenvalue weighted by Crippen LogP contribution is 2.41. The largest absolute Gasteiger partial charge is 0.368 e. The van der Waals surface area contributed by atoms with Crippen molar-refractivity contribution in [1.82, 2.24) is 20.1 Å². The number of carbonyl (C=O) groups is 1. The van der Waals surface area contributed by atoms with Crippen molar-refractivity contribution >= 4 is 21.6 Å². The number of carbonyl (C=O) groups excluding carboxylic acids is 1. The fourth-order valence-electron chi connectivity index (χ4n) is 5.26. The Morgan fingerprint density at radius 3 is 2.56 bits per heavy atom. The van der Waals surface area contributed by atoms with Gasteiger partial charge in [-0.15, -0.1) is 0 Å². The van der Waals surface area contributed by atoms with Gasteiger partial charge in [0.05, 0.1) is 23.3 Å². The molecule has 4 fully saturated rings. The zero-order chi connectivity index (χ0) is 22.5. The van der Waals surface area contributed by atoms with Gasteiger partial charge < -0.3 is 10.6 Å². The fourth-order valence-corrected chi connectivity index (χ4v) is 6.94. The van der Waals surface area contributed by atoms with Gasteiger partial charge in [-0.1, -0.05) is 6.92 Å². The predicted octanol–water partition coefficient (Wildman–Crippen LogP) is 1.08. The highest BCUT2D eigenvalue weighted by atomic mass is 32.2. The standard InChI is InChI=1S/C22H30N6O3S/c1-14-12-27(13-14)32(30,31)17-6-4-16(5-7-17)25-21-20-19(9-11-24-22(20)29)28(26-21)18(8-10-23)15-2-3-15/h4-7,14-15,18-21,25-26H,2-3,8-9,11-13H2,1H3,(H,24,29)/t18-,19?,20?,21?/m0/s1. The Morgan fingerprint density at radius 1 is 1.22 bits per heavy atom. The van der Waals surface area contributed by atoms with E-state index in [9.17, 15) is 18.5 Å². The molecule has 32 heavy (non-hydrogen) atoms. The third kappa shape index (κ3) is 3.88. The van der Waals surface area contributed by atoms with E-state index in [-0.39, 0.29) is 35.0 Å². The van der Waals surface area contributed by atoms with E-state index in [1.807, 2.05) is 6.92 Å². The molecule has 1 amide bonds. The highest BCUT2D eigenvalue weighted by Gasteiger charge is 2.51. The van der Waals surface area contributed by atoms with Crippen LogP contribution in [0.25, 0.3) is 0 Å². The molecule has 3 unspecified atom stereocenters. The normalized spacial score (nSPS) is 30.1. The summed E-state index contributed by atoms with van der Waals surface area (Å²) in [7, 11) is -3.45. The van der Waals surface area contributed by atoms with Gasteiger partial charge in [0.1, 0.15) is 6.17 Å². The van der Waals surface area contributed by atoms with Crippen LogP contribution in [0.1, 0.15) is 32.6 Å². The lowest BCUT2D eigenvalue weighted by Gasteiger charge is -2.35. The molecule has 1 saturated carbocycles. The van der Waals surface area contributed by atoms with Crippen LogP contribution in [-0.2, 0) is 14.8 Å². The quantitative estimate of drug-likeness (QED) is 0.560. The average Bonchev–Trinajstić information content (AvgIpc) is 3.52. The number of nitrogens with zero attached hydrogens (tertiary/aromatic N) is 3. The van der Waals surface area contributed by atoms with E-state index in [0.29, 0.717) is 37.9 Å². The lowest BCUT2D eigenvalue weighted by Crippen LogP contribution is -2.52. The molecule has 10 heteroatoms. The molecule has 0 aromatic heterocycles. The summed E-state index contributed by atoms with van der Waals surface area (Å²) in [6, 6.07) is 9.21. The first-order valence-electron chi connectivity index (χ1n) is 11.4. The molecule has 1 aromatic carbocycles. The predicted molar refractivity (Wildman–Crippen MR) is 118 cm³/mol. The van der Waals surface area contributed by atoms with E-state index >= 15 is 0 Å². The molecule has 0 bridgehead atoms. The first kappa shape index (κ1) is 21.6. The summed E-state index contributed by atoms with van der Waals surface area (Å²) < 4.78 is 26.9. The topological polar surface area (TPSA) is 118 Å². The van der Waals surface area contributed by atoms with Crippen molar-refractivity contribution in [3.8, 4) is 6.07 Å². The third-order valence-electron chi connectivity index (χ3n) is 7.13. The number of hydrogen-bond acceptors (Lipinski definition) is 7. The number of fused-ring (bicyclic) bond motifs is 1. The Bertz CT molecular complexity index is 1010. The summed E-state index contributed by atoms with van der Waals surface area (Å²) in [4.78, 5) is 13.0. The van der Waals surface area contributed by atoms with E-state index in [1.165, 1.54) is 4.31 Å². The molecule has 1 aliphatic carbocycles. The molecule has 172 valence electrons. The zero-order valence-electron chi connectivity index (χ0n) is 18.2. The molecule has 3 saturated heterocycles. The minimum atomic E-state index is -3.45. The van der Waals surface area contributed by atoms with Crippen molar-refractivity contribution in [2.45, 2.75) is 55.8 Å². The second-order valence-electron chi connectivity index (χ2n) is 9.55. The van der Waals surface area contributed by atoms with Crippen LogP contribution in [0.5, 0.6) is 0 Å². The van der Waals surface area contributed by atoms with Gasteiger partial charge in [0, 0.05) is 37.4 Å². The monoisotopic (exact) mass is 458 g/mol. The Kier molecular flexibility index (Phi) is 5.61. The van der Waals surface area contributed by atoms with Gasteiger partial charge in [-0.25, -0.2) is 18.9 Å². The van der Waals surface area contributed by atoms with Crippen LogP contribution in [0.4, 0.5) is 5.69 Å². The number of hydrogen-bond donors (Lipinski definition) is 3. The number of benzene rings is 1. The summed E-state index contributed by atoms with van der Waals surface area (Å²) >= 11 is 0. The van der Waals surface area contributed by atoms with E-state index in [1.54, 1.807) is 24.3 Å². The van der Waals surface area contributed by atoms with Gasteiger partial charge in [-0.2, -0.15) is 9.57 Å². The number of nitriles is 1. The van der Waals surface area contributed by atoms with Crippen LogP contribution in [0.2, 0.25) is 0 Å². The molecule has 0 radical (unpaired) electrons. The van der Waals surface area contributed by atoms with Gasteiger partial charge in [-0.05, 0) is 55.4 Å². The fraction of sp³-hybridized carbons (Fsp3) is 0.636. The molecule has 3 N–H and O–H groups in total. The van der Waals surface area contributed by atoms with Crippen LogP contribution < -0.4 is 16.1 Å². The van der Waals surface area contributed by atoms with Crippen molar-refractivity contribution < 1.29 is 13.2 Å². The second kappa shape index (κ2) is 8.30. The number of amides is 1. The summed E-state index contributed by atoms with van der Waals surface area (Å²) in [5.41, 5.74) is 4.24. The molecule has 4 aliphatic rings. The smallest absolute Gasteiger partial charge is 0.243 e. The van der Waals surface area contributed by atoms with Crippen LogP contribution in [0, 0.1) is 29.1 Å². The Labute approximate surface area is 189 Å². The van der Waals surface area contributed by atoms with Gasteiger partial charge in [0.15, 0.2) is 0 Å². The minimum Gasteiger partial charge on any atom is -0.368 e. The minimum absolute atomic E-state index is 0.00588. The van der Waals surface area contributed by atoms with Crippen LogP contribution in [0.15, 0.2) is 29.2 Å². The van der Waals surface area contributed by atoms with Gasteiger partial charge in [0.2, 0.25) is 15.9 Å². The summed E-state index contributed by atoms with van der Waals surface area (Å²) in [5, 5.41) is 17.9. The number of anilines is 1. The first-order valence-corrected chi connectivity index (χ1v) is 12.9. The van der Waals surface area contributed by atoms with Crippen LogP contribution in [-0.4, -0.2) is 61.5 Å². The SMILES string of the molecule is CC1CN(S(=O)(=O)c2ccc(NC3NN([C@@H](CC#N)C4CC4)C4CCNC(=O)C34)cc2)C1. The van der Waals surface area contributed by atoms with Gasteiger partial charge in [-0.3, -0.25) is 4.79 Å². The molecule has 9 nitrogen and oxygen atoms in total. The lowest BCUT2D eigenvalue weighted by molar-refractivity contribution is -0.128. The molecule has 5 rings (SSSR count). The Balaban J connectivity index is 1.33. The number of piperidine rings is 1. The van der Waals surface area contributed by atoms with Gasteiger partial charge in [0.25, 0.3) is 0 Å². The summed E-state index contributed by atoms with van der Waals surface area (Å²) in [5.74, 6) is 0.624. The number of sulfonamides is 1. The van der Waals surface area contributed by atoms with Crippen molar-refractivity contribution in [3.63, 3.8) is 0 Å². The van der Waals surface area contributed by atoms with Crippen molar-refractivity contribution in [1.29, 1.82) is 5.26 Å². The molecule has 1 aromatic rings. The van der Waals surface area contributed by atoms with Gasteiger partial charge >= 0.3 is 0 Å². The summed E-state index contributed by atoms with van der Waals surface area (Å²) in [6.45, 7) is 3.80. The van der Waals surface area contributed by atoms with E-state index in [0.717, 1.165) is 24.9 Å². The highest BCUT2D eigenvalue weighted by molar-refractivity contribution is 7.89. The van der Waals surface area contributed by atoms with Crippen LogP contribution >= 0.6 is 0 Å². The number of rotatable bonds is 7. The average molecular weight is 459 g/mol. The third-order valence-corrected chi connectivity index (χ3v) is 8.98. The molecular weight excluding hydrogens is 428 g/mol. The molecular formula is C22H30N6O3S. The maximum atomic E-state index is 12.7. The molecule has 3 heterocycles. The molecule has 4 atom stereocenters. The number of nitrogens with one attached hydrogen (secondary N) is 3. The second-order valence-corrected chi connectivity index (χ2v) is 11.5. The summed E-state index contributed by atoms with van der Waals surface area (Å²) in [6.07, 6.45) is 3.20. The maximum Gasteiger partial charge on any atom is 0.243 e. The van der Waals surface area contributed by atoms with Crippen molar-refractivity contribution in [3.05, 3.63) is 24.3 Å². The molecule has 3 aliphatic heterocycles. The number of hydrazine groups is 1. The van der Waals surface area contributed by atoms with E-state index in [2.05, 4.69) is 27.1 Å². The van der Waals surface area contributed by atoms with E-state index < -0.39 is 10.0 Å². The van der Waals surface area contributed by atoms with Crippen molar-refractivity contribution in [2.24, 2.45) is 17.8 Å². The zero-order valence-corrected chi connectivity index (χ0v) is 19.0. The van der Waals surface area contributed by atoms with Crippen LogP contribution in [0.3, 0.4) is 0 Å². The first-order chi connectivity index (χ1) is 15.4. The lowest BCUT2D eigenvalue weighted by atomic mass is 9.90.